The topological polar surface area (TPSA) is 64.9 Å². The van der Waals surface area contributed by atoms with Crippen molar-refractivity contribution in [1.82, 2.24) is 10.1 Å². The van der Waals surface area contributed by atoms with Crippen LogP contribution in [-0.2, 0) is 0 Å². The zero-order valence-electron chi connectivity index (χ0n) is 10.5. The number of benzene rings is 2. The maximum atomic E-state index is 13.5. The van der Waals surface area contributed by atoms with Gasteiger partial charge < -0.3 is 10.3 Å². The van der Waals surface area contributed by atoms with Crippen molar-refractivity contribution in [1.29, 1.82) is 0 Å². The van der Waals surface area contributed by atoms with Gasteiger partial charge >= 0.3 is 0 Å². The van der Waals surface area contributed by atoms with Crippen LogP contribution in [0.1, 0.15) is 0 Å². The van der Waals surface area contributed by atoms with E-state index in [4.69, 9.17) is 21.9 Å². The molecule has 4 nitrogen and oxygen atoms in total. The van der Waals surface area contributed by atoms with Crippen LogP contribution in [0.4, 0.5) is 10.1 Å². The van der Waals surface area contributed by atoms with E-state index in [9.17, 15) is 4.39 Å². The number of aromatic nitrogens is 2. The van der Waals surface area contributed by atoms with Crippen molar-refractivity contribution >= 4 is 33.2 Å². The Morgan fingerprint density at radius 3 is 2.62 bits per heavy atom. The molecule has 0 amide bonds. The van der Waals surface area contributed by atoms with Crippen molar-refractivity contribution in [2.75, 3.05) is 5.73 Å². The number of nitrogen functional groups attached to an aromatic ring is 1. The molecule has 2 N–H and O–H groups in total. The number of hydrogen-bond acceptors (Lipinski definition) is 4. The van der Waals surface area contributed by atoms with Crippen LogP contribution in [0.5, 0.6) is 0 Å². The molecule has 0 bridgehead atoms. The summed E-state index contributed by atoms with van der Waals surface area (Å²) in [5, 5.41) is 4.47. The summed E-state index contributed by atoms with van der Waals surface area (Å²) in [5.74, 6) is 0.0797. The van der Waals surface area contributed by atoms with Gasteiger partial charge in [-0.05, 0) is 52.3 Å². The van der Waals surface area contributed by atoms with Crippen LogP contribution in [0.2, 0.25) is 5.02 Å². The lowest BCUT2D eigenvalue weighted by molar-refractivity contribution is 0.432. The highest BCUT2D eigenvalue weighted by molar-refractivity contribution is 9.10. The minimum atomic E-state index is -0.526. The molecule has 106 valence electrons. The molecule has 0 saturated heterocycles. The minimum Gasteiger partial charge on any atom is -0.396 e. The summed E-state index contributed by atoms with van der Waals surface area (Å²) >= 11 is 9.27. The molecule has 0 spiro atoms. The van der Waals surface area contributed by atoms with Crippen LogP contribution >= 0.6 is 27.5 Å². The number of nitrogens with two attached hydrogens (primary N) is 1. The van der Waals surface area contributed by atoms with E-state index in [1.54, 1.807) is 24.3 Å². The highest BCUT2D eigenvalue weighted by atomic mass is 79.9. The molecule has 0 aliphatic carbocycles. The minimum absolute atomic E-state index is 0.0696. The third kappa shape index (κ3) is 2.77. The van der Waals surface area contributed by atoms with E-state index < -0.39 is 5.82 Å². The maximum Gasteiger partial charge on any atom is 0.258 e. The third-order valence-electron chi connectivity index (χ3n) is 2.85. The zero-order valence-corrected chi connectivity index (χ0v) is 12.8. The van der Waals surface area contributed by atoms with E-state index in [1.165, 1.54) is 12.1 Å². The monoisotopic (exact) mass is 367 g/mol. The lowest BCUT2D eigenvalue weighted by Gasteiger charge is -1.98. The smallest absolute Gasteiger partial charge is 0.258 e. The quantitative estimate of drug-likeness (QED) is 0.674. The van der Waals surface area contributed by atoms with Gasteiger partial charge in [0.2, 0.25) is 5.82 Å². The molecule has 2 aromatic carbocycles. The van der Waals surface area contributed by atoms with Gasteiger partial charge in [0.25, 0.3) is 5.89 Å². The molecule has 0 fully saturated rings. The van der Waals surface area contributed by atoms with Crippen LogP contribution in [0.25, 0.3) is 22.8 Å². The molecule has 3 rings (SSSR count). The summed E-state index contributed by atoms with van der Waals surface area (Å²) in [6.45, 7) is 0. The van der Waals surface area contributed by atoms with Crippen molar-refractivity contribution in [3.05, 3.63) is 51.7 Å². The number of rotatable bonds is 2. The normalized spacial score (nSPS) is 10.8. The summed E-state index contributed by atoms with van der Waals surface area (Å²) in [5.41, 5.74) is 6.70. The van der Waals surface area contributed by atoms with Gasteiger partial charge in [-0.15, -0.1) is 0 Å². The second-order valence-electron chi connectivity index (χ2n) is 4.29. The van der Waals surface area contributed by atoms with Gasteiger partial charge in [0, 0.05) is 15.6 Å². The average Bonchev–Trinajstić information content (AvgIpc) is 2.94. The molecule has 0 unspecified atom stereocenters. The van der Waals surface area contributed by atoms with Crippen molar-refractivity contribution in [3.8, 4) is 22.8 Å². The van der Waals surface area contributed by atoms with E-state index >= 15 is 0 Å². The van der Waals surface area contributed by atoms with E-state index in [-0.39, 0.29) is 11.6 Å². The summed E-state index contributed by atoms with van der Waals surface area (Å²) in [6, 6.07) is 9.59. The van der Waals surface area contributed by atoms with E-state index in [0.717, 1.165) is 10.0 Å². The van der Waals surface area contributed by atoms with Crippen LogP contribution in [-0.4, -0.2) is 10.1 Å². The lowest BCUT2D eigenvalue weighted by Crippen LogP contribution is -1.90. The largest absolute Gasteiger partial charge is 0.396 e. The Labute approximate surface area is 132 Å². The first-order chi connectivity index (χ1) is 10.0. The average molecular weight is 369 g/mol. The van der Waals surface area contributed by atoms with Gasteiger partial charge in [-0.2, -0.15) is 4.98 Å². The van der Waals surface area contributed by atoms with Crippen molar-refractivity contribution in [3.63, 3.8) is 0 Å². The van der Waals surface area contributed by atoms with Crippen LogP contribution in [0.3, 0.4) is 0 Å². The molecule has 0 saturated carbocycles. The van der Waals surface area contributed by atoms with Crippen LogP contribution < -0.4 is 5.73 Å². The molecule has 0 radical (unpaired) electrons. The standard InChI is InChI=1S/C14H8BrClFN3O/c15-9-5-7(1-3-10(9)16)13-19-14(21-20-13)8-2-4-12(18)11(17)6-8/h1-6H,18H2. The molecule has 3 aromatic rings. The first-order valence-corrected chi connectivity index (χ1v) is 7.06. The molecule has 0 atom stereocenters. The van der Waals surface area contributed by atoms with Crippen LogP contribution in [0.15, 0.2) is 45.4 Å². The van der Waals surface area contributed by atoms with Gasteiger partial charge in [-0.1, -0.05) is 16.8 Å². The van der Waals surface area contributed by atoms with Gasteiger partial charge in [0.05, 0.1) is 10.7 Å². The Balaban J connectivity index is 1.99. The Morgan fingerprint density at radius 2 is 1.90 bits per heavy atom. The van der Waals surface area contributed by atoms with Crippen molar-refractivity contribution in [2.45, 2.75) is 0 Å². The van der Waals surface area contributed by atoms with Gasteiger partial charge in [0.1, 0.15) is 5.82 Å². The Kier molecular flexibility index (Phi) is 3.65. The lowest BCUT2D eigenvalue weighted by atomic mass is 10.2. The fourth-order valence-electron chi connectivity index (χ4n) is 1.75. The fourth-order valence-corrected chi connectivity index (χ4v) is 2.25. The summed E-state index contributed by atoms with van der Waals surface area (Å²) in [4.78, 5) is 4.24. The second-order valence-corrected chi connectivity index (χ2v) is 5.55. The summed E-state index contributed by atoms with van der Waals surface area (Å²) in [7, 11) is 0. The number of anilines is 1. The number of nitrogens with zero attached hydrogens (tertiary/aromatic N) is 2. The number of halogens is 3. The predicted octanol–water partition coefficient (Wildman–Crippen LogP) is 4.54. The Morgan fingerprint density at radius 1 is 1.14 bits per heavy atom. The van der Waals surface area contributed by atoms with E-state index in [1.807, 2.05) is 0 Å². The maximum absolute atomic E-state index is 13.5. The number of hydrogen-bond donors (Lipinski definition) is 1. The van der Waals surface area contributed by atoms with E-state index in [2.05, 4.69) is 26.1 Å². The Hall–Kier alpha value is -1.92. The Bertz CT molecular complexity index is 756. The van der Waals surface area contributed by atoms with Gasteiger partial charge in [0.15, 0.2) is 0 Å². The third-order valence-corrected chi connectivity index (χ3v) is 4.07. The summed E-state index contributed by atoms with van der Waals surface area (Å²) in [6.07, 6.45) is 0. The van der Waals surface area contributed by atoms with Gasteiger partial charge in [-0.25, -0.2) is 4.39 Å². The van der Waals surface area contributed by atoms with Crippen molar-refractivity contribution < 1.29 is 8.91 Å². The molecule has 0 aliphatic heterocycles. The van der Waals surface area contributed by atoms with E-state index in [0.29, 0.717) is 16.4 Å². The highest BCUT2D eigenvalue weighted by Gasteiger charge is 2.13. The van der Waals surface area contributed by atoms with Crippen LogP contribution in [0, 0.1) is 5.82 Å². The molecule has 21 heavy (non-hydrogen) atoms. The van der Waals surface area contributed by atoms with Crippen molar-refractivity contribution in [2.24, 2.45) is 0 Å². The van der Waals surface area contributed by atoms with Gasteiger partial charge in [-0.3, -0.25) is 0 Å². The SMILES string of the molecule is Nc1ccc(-c2nc(-c3ccc(Cl)c(Br)c3)no2)cc1F. The zero-order chi connectivity index (χ0) is 15.0. The second kappa shape index (κ2) is 5.46. The predicted molar refractivity (Wildman–Crippen MR) is 82.3 cm³/mol. The molecule has 1 heterocycles. The fraction of sp³-hybridized carbons (Fsp3) is 0. The first kappa shape index (κ1) is 14.0. The molecule has 0 aliphatic rings. The molecule has 1 aromatic heterocycles. The molecule has 7 heteroatoms. The first-order valence-electron chi connectivity index (χ1n) is 5.89. The molecular weight excluding hydrogens is 361 g/mol. The molecular formula is C14H8BrClFN3O. The highest BCUT2D eigenvalue weighted by Crippen LogP contribution is 2.29. The summed E-state index contributed by atoms with van der Waals surface area (Å²) < 4.78 is 19.3.